The molecular weight excluding hydrogens is 615 g/mol. The van der Waals surface area contributed by atoms with Gasteiger partial charge in [0.1, 0.15) is 22.8 Å². The van der Waals surface area contributed by atoms with Gasteiger partial charge in [-0.3, -0.25) is 13.8 Å². The Bertz CT molecular complexity index is 3140. The number of imidazole rings is 1. The predicted molar refractivity (Wildman–Crippen MR) is 203 cm³/mol. The highest BCUT2D eigenvalue weighted by molar-refractivity contribution is 6.25. The van der Waals surface area contributed by atoms with Crippen LogP contribution in [-0.4, -0.2) is 23.8 Å². The fraction of sp³-hybridized carbons (Fsp3) is 0.0227. The second kappa shape index (κ2) is 10.1. The first kappa shape index (κ1) is 27.2. The summed E-state index contributed by atoms with van der Waals surface area (Å²) in [4.78, 5) is 14.9. The summed E-state index contributed by atoms with van der Waals surface area (Å²) in [5.74, 6) is 1.49. The van der Waals surface area contributed by atoms with Gasteiger partial charge in [-0.15, -0.1) is 0 Å². The van der Waals surface area contributed by atoms with Crippen LogP contribution in [-0.2, 0) is 0 Å². The molecule has 5 aromatic carbocycles. The van der Waals surface area contributed by atoms with Crippen molar-refractivity contribution >= 4 is 65.7 Å². The first-order valence-electron chi connectivity index (χ1n) is 16.8. The van der Waals surface area contributed by atoms with E-state index in [9.17, 15) is 0 Å². The number of aromatic nitrogens is 5. The Morgan fingerprint density at radius 2 is 1.38 bits per heavy atom. The van der Waals surface area contributed by atoms with Crippen molar-refractivity contribution in [3.8, 4) is 33.9 Å². The zero-order valence-electron chi connectivity index (χ0n) is 27.0. The van der Waals surface area contributed by atoms with Gasteiger partial charge in [0.25, 0.3) is 0 Å². The highest BCUT2D eigenvalue weighted by Gasteiger charge is 2.21. The van der Waals surface area contributed by atoms with Crippen molar-refractivity contribution < 1.29 is 4.74 Å². The number of rotatable bonds is 4. The molecule has 0 fully saturated rings. The molecule has 0 aliphatic carbocycles. The molecule has 0 spiro atoms. The molecule has 11 aromatic rings. The van der Waals surface area contributed by atoms with Crippen molar-refractivity contribution in [1.29, 1.82) is 0 Å². The van der Waals surface area contributed by atoms with Crippen LogP contribution in [0.2, 0.25) is 0 Å². The molecule has 0 N–H and O–H groups in total. The summed E-state index contributed by atoms with van der Waals surface area (Å²) in [7, 11) is 0. The normalized spacial score (nSPS) is 12.1. The molecular formula is C44H27N5O. The lowest BCUT2D eigenvalue weighted by Crippen LogP contribution is -1.93. The van der Waals surface area contributed by atoms with Crippen LogP contribution < -0.4 is 4.74 Å². The zero-order chi connectivity index (χ0) is 32.9. The van der Waals surface area contributed by atoms with E-state index < -0.39 is 0 Å². The molecule has 50 heavy (non-hydrogen) atoms. The number of ether oxygens (including phenoxy) is 1. The van der Waals surface area contributed by atoms with Gasteiger partial charge >= 0.3 is 0 Å². The standard InChI is InChI=1S/C44H27N5O/c1-26-9-5-6-12-30(26)37-25-48-38-15-8-21-45-41(38)33-19-17-28(23-36(33)43(48)47-37)50-29-16-18-32-34-13-7-14-35-40-31(27-10-3-2-4-11-27)20-22-46-44(40)49(42(34)35)39(32)24-29/h2-25H,1H3. The summed E-state index contributed by atoms with van der Waals surface area (Å²) < 4.78 is 11.1. The summed E-state index contributed by atoms with van der Waals surface area (Å²) in [5.41, 5.74) is 11.6. The molecule has 0 aliphatic heterocycles. The Morgan fingerprint density at radius 3 is 2.28 bits per heavy atom. The first-order chi connectivity index (χ1) is 24.7. The molecule has 0 saturated carbocycles. The van der Waals surface area contributed by atoms with E-state index in [-0.39, 0.29) is 0 Å². The number of para-hydroxylation sites is 1. The van der Waals surface area contributed by atoms with E-state index >= 15 is 0 Å². The maximum atomic E-state index is 6.67. The Kier molecular flexibility index (Phi) is 5.50. The van der Waals surface area contributed by atoms with Crippen molar-refractivity contribution in [1.82, 2.24) is 23.8 Å². The van der Waals surface area contributed by atoms with Crippen LogP contribution >= 0.6 is 0 Å². The lowest BCUT2D eigenvalue weighted by atomic mass is 10.0. The Labute approximate surface area is 285 Å². The SMILES string of the molecule is Cc1ccccc1-c1cn2c3cccnc3c3ccc(Oc4ccc5c6cccc7c8c(-c9ccccc9)ccnc8n(c5c4)c67)cc3c2n1. The molecule has 0 aliphatic rings. The van der Waals surface area contributed by atoms with E-state index in [0.717, 1.165) is 66.8 Å². The van der Waals surface area contributed by atoms with Crippen molar-refractivity contribution in [3.63, 3.8) is 0 Å². The van der Waals surface area contributed by atoms with Crippen LogP contribution in [0.15, 0.2) is 146 Å². The fourth-order valence-electron chi connectivity index (χ4n) is 7.93. The number of benzene rings is 5. The van der Waals surface area contributed by atoms with E-state index in [0.29, 0.717) is 0 Å². The lowest BCUT2D eigenvalue weighted by molar-refractivity contribution is 0.484. The van der Waals surface area contributed by atoms with Crippen molar-refractivity contribution in [2.75, 3.05) is 0 Å². The van der Waals surface area contributed by atoms with Gasteiger partial charge in [-0.05, 0) is 72.1 Å². The highest BCUT2D eigenvalue weighted by atomic mass is 16.5. The summed E-state index contributed by atoms with van der Waals surface area (Å²) in [6.45, 7) is 2.12. The fourth-order valence-corrected chi connectivity index (χ4v) is 7.93. The molecule has 0 bridgehead atoms. The van der Waals surface area contributed by atoms with Gasteiger partial charge in [-0.1, -0.05) is 72.8 Å². The summed E-state index contributed by atoms with van der Waals surface area (Å²) in [6, 6.07) is 44.3. The second-order valence-corrected chi connectivity index (χ2v) is 13.0. The van der Waals surface area contributed by atoms with Crippen LogP contribution in [0, 0.1) is 6.92 Å². The minimum atomic E-state index is 0.734. The number of fused-ring (bicyclic) bond motifs is 12. The van der Waals surface area contributed by atoms with Gasteiger partial charge in [-0.25, -0.2) is 9.97 Å². The summed E-state index contributed by atoms with van der Waals surface area (Å²) in [6.07, 6.45) is 5.88. The number of hydrogen-bond acceptors (Lipinski definition) is 4. The molecule has 6 nitrogen and oxygen atoms in total. The van der Waals surface area contributed by atoms with Gasteiger partial charge in [0.2, 0.25) is 0 Å². The molecule has 0 atom stereocenters. The molecule has 234 valence electrons. The minimum absolute atomic E-state index is 0.734. The van der Waals surface area contributed by atoms with Crippen LogP contribution in [0.3, 0.4) is 0 Å². The lowest BCUT2D eigenvalue weighted by Gasteiger charge is -2.10. The van der Waals surface area contributed by atoms with Gasteiger partial charge in [0, 0.05) is 62.5 Å². The summed E-state index contributed by atoms with van der Waals surface area (Å²) >= 11 is 0. The summed E-state index contributed by atoms with van der Waals surface area (Å²) in [5, 5.41) is 6.76. The third kappa shape index (κ3) is 3.75. The number of aryl methyl sites for hydroxylation is 1. The van der Waals surface area contributed by atoms with E-state index in [4.69, 9.17) is 19.7 Å². The molecule has 0 saturated heterocycles. The maximum absolute atomic E-state index is 6.67. The number of hydrogen-bond donors (Lipinski definition) is 0. The Balaban J connectivity index is 1.09. The molecule has 6 heteroatoms. The average Bonchev–Trinajstić information content (AvgIpc) is 3.86. The Morgan fingerprint density at radius 1 is 0.560 bits per heavy atom. The molecule has 6 aromatic heterocycles. The van der Waals surface area contributed by atoms with Crippen LogP contribution in [0.1, 0.15) is 5.56 Å². The van der Waals surface area contributed by atoms with Crippen molar-refractivity contribution in [3.05, 3.63) is 152 Å². The van der Waals surface area contributed by atoms with Gasteiger partial charge in [0.15, 0.2) is 0 Å². The maximum Gasteiger partial charge on any atom is 0.146 e. The van der Waals surface area contributed by atoms with Crippen LogP contribution in [0.4, 0.5) is 0 Å². The topological polar surface area (TPSA) is 56.7 Å². The number of nitrogens with zero attached hydrogens (tertiary/aromatic N) is 5. The van der Waals surface area contributed by atoms with Crippen LogP contribution in [0.5, 0.6) is 11.5 Å². The molecule has 0 unspecified atom stereocenters. The van der Waals surface area contributed by atoms with E-state index in [2.05, 4.69) is 137 Å². The quantitative estimate of drug-likeness (QED) is 0.179. The molecule has 11 rings (SSSR count). The van der Waals surface area contributed by atoms with Crippen molar-refractivity contribution in [2.24, 2.45) is 0 Å². The van der Waals surface area contributed by atoms with Crippen molar-refractivity contribution in [2.45, 2.75) is 6.92 Å². The molecule has 0 amide bonds. The van der Waals surface area contributed by atoms with E-state index in [1.165, 1.54) is 38.4 Å². The second-order valence-electron chi connectivity index (χ2n) is 13.0. The average molecular weight is 642 g/mol. The molecule has 0 radical (unpaired) electrons. The van der Waals surface area contributed by atoms with Gasteiger partial charge in [0.05, 0.1) is 27.8 Å². The third-order valence-corrected chi connectivity index (χ3v) is 10.2. The highest BCUT2D eigenvalue weighted by Crippen LogP contribution is 2.43. The predicted octanol–water partition coefficient (Wildman–Crippen LogP) is 11.0. The monoisotopic (exact) mass is 641 g/mol. The minimum Gasteiger partial charge on any atom is -0.457 e. The smallest absolute Gasteiger partial charge is 0.146 e. The third-order valence-electron chi connectivity index (χ3n) is 10.2. The van der Waals surface area contributed by atoms with Gasteiger partial charge < -0.3 is 4.74 Å². The number of pyridine rings is 3. The Hall–Kier alpha value is -6.79. The van der Waals surface area contributed by atoms with E-state index in [1.54, 1.807) is 0 Å². The van der Waals surface area contributed by atoms with Gasteiger partial charge in [-0.2, -0.15) is 0 Å². The zero-order valence-corrected chi connectivity index (χ0v) is 27.0. The molecule has 6 heterocycles. The van der Waals surface area contributed by atoms with Crippen LogP contribution in [0.25, 0.3) is 88.1 Å². The largest absolute Gasteiger partial charge is 0.457 e. The van der Waals surface area contributed by atoms with E-state index in [1.807, 2.05) is 24.5 Å². The first-order valence-corrected chi connectivity index (χ1v) is 16.8.